The maximum absolute atomic E-state index is 4.23. The summed E-state index contributed by atoms with van der Waals surface area (Å²) in [6, 6.07) is 8.96. The van der Waals surface area contributed by atoms with Gasteiger partial charge in [0.25, 0.3) is 0 Å². The summed E-state index contributed by atoms with van der Waals surface area (Å²) in [5, 5.41) is 10.4. The van der Waals surface area contributed by atoms with Crippen molar-refractivity contribution in [2.24, 2.45) is 0 Å². The molecule has 0 saturated carbocycles. The Morgan fingerprint density at radius 3 is 2.55 bits per heavy atom. The van der Waals surface area contributed by atoms with Crippen molar-refractivity contribution in [2.75, 3.05) is 18.0 Å². The fraction of sp³-hybridized carbons (Fsp3) is 0.375. The van der Waals surface area contributed by atoms with Crippen molar-refractivity contribution in [2.45, 2.75) is 26.7 Å². The van der Waals surface area contributed by atoms with E-state index in [1.165, 1.54) is 16.7 Å². The van der Waals surface area contributed by atoms with E-state index in [2.05, 4.69) is 52.4 Å². The number of rotatable bonds is 3. The van der Waals surface area contributed by atoms with Gasteiger partial charge in [-0.05, 0) is 36.5 Å². The van der Waals surface area contributed by atoms with Gasteiger partial charge in [-0.2, -0.15) is 0 Å². The van der Waals surface area contributed by atoms with Gasteiger partial charge in [-0.1, -0.05) is 48.6 Å². The monoisotopic (exact) mass is 285 g/mol. The van der Waals surface area contributed by atoms with Gasteiger partial charge in [0.2, 0.25) is 5.13 Å². The minimum atomic E-state index is 0.930. The van der Waals surface area contributed by atoms with Crippen molar-refractivity contribution < 1.29 is 0 Å². The second kappa shape index (κ2) is 5.75. The van der Waals surface area contributed by atoms with E-state index in [9.17, 15) is 0 Å². The first-order valence-electron chi connectivity index (χ1n) is 7.09. The Labute approximate surface area is 124 Å². The van der Waals surface area contributed by atoms with Crippen molar-refractivity contribution in [1.29, 1.82) is 0 Å². The lowest BCUT2D eigenvalue weighted by atomic mass is 9.98. The lowest BCUT2D eigenvalue weighted by Crippen LogP contribution is -2.28. The average molecular weight is 285 g/mol. The molecule has 0 amide bonds. The Balaban J connectivity index is 1.72. The molecule has 1 aromatic heterocycles. The third-order valence-electron chi connectivity index (χ3n) is 3.73. The van der Waals surface area contributed by atoms with Crippen LogP contribution in [0.1, 0.15) is 29.5 Å². The molecule has 3 nitrogen and oxygen atoms in total. The number of nitrogens with zero attached hydrogens (tertiary/aromatic N) is 3. The van der Waals surface area contributed by atoms with Gasteiger partial charge in [-0.3, -0.25) is 0 Å². The predicted molar refractivity (Wildman–Crippen MR) is 85.3 cm³/mol. The third-order valence-corrected chi connectivity index (χ3v) is 4.63. The van der Waals surface area contributed by atoms with Crippen LogP contribution in [-0.2, 0) is 6.42 Å². The van der Waals surface area contributed by atoms with Crippen LogP contribution in [0.25, 0.3) is 5.57 Å². The molecule has 1 aromatic carbocycles. The first-order chi connectivity index (χ1) is 9.76. The molecule has 0 spiro atoms. The molecule has 0 fully saturated rings. The molecule has 1 aliphatic heterocycles. The van der Waals surface area contributed by atoms with E-state index in [1.807, 2.05) is 6.92 Å². The van der Waals surface area contributed by atoms with Crippen molar-refractivity contribution in [3.8, 4) is 0 Å². The van der Waals surface area contributed by atoms with Crippen LogP contribution in [0.2, 0.25) is 0 Å². The molecule has 20 heavy (non-hydrogen) atoms. The van der Waals surface area contributed by atoms with Gasteiger partial charge in [0.05, 0.1) is 0 Å². The summed E-state index contributed by atoms with van der Waals surface area (Å²) >= 11 is 1.67. The Hall–Kier alpha value is -1.68. The molecule has 0 N–H and O–H groups in total. The molecule has 4 heteroatoms. The zero-order valence-electron chi connectivity index (χ0n) is 12.0. The van der Waals surface area contributed by atoms with Gasteiger partial charge >= 0.3 is 0 Å². The molecule has 1 aliphatic rings. The molecule has 2 aromatic rings. The zero-order valence-corrected chi connectivity index (χ0v) is 12.8. The molecule has 0 unspecified atom stereocenters. The SMILES string of the molecule is CCc1ccc(C2=CCN(c3nnc(C)s3)CC2)cc1. The number of aromatic nitrogens is 2. The fourth-order valence-electron chi connectivity index (χ4n) is 2.47. The van der Waals surface area contributed by atoms with Crippen LogP contribution in [-0.4, -0.2) is 23.3 Å². The van der Waals surface area contributed by atoms with Crippen LogP contribution in [0.15, 0.2) is 30.3 Å². The molecule has 0 atom stereocenters. The Kier molecular flexibility index (Phi) is 3.83. The van der Waals surface area contributed by atoms with Crippen molar-refractivity contribution in [1.82, 2.24) is 10.2 Å². The Morgan fingerprint density at radius 1 is 1.20 bits per heavy atom. The minimum Gasteiger partial charge on any atom is -0.343 e. The predicted octanol–water partition coefficient (Wildman–Crippen LogP) is 3.70. The standard InChI is InChI=1S/C16H19N3S/c1-3-13-4-6-14(7-5-13)15-8-10-19(11-9-15)16-18-17-12(2)20-16/h4-8H,3,9-11H2,1-2H3. The summed E-state index contributed by atoms with van der Waals surface area (Å²) in [7, 11) is 0. The van der Waals surface area contributed by atoms with Crippen molar-refractivity contribution in [3.05, 3.63) is 46.5 Å². The normalized spacial score (nSPS) is 15.3. The number of hydrogen-bond acceptors (Lipinski definition) is 4. The van der Waals surface area contributed by atoms with Crippen molar-refractivity contribution >= 4 is 22.0 Å². The Morgan fingerprint density at radius 2 is 2.00 bits per heavy atom. The molecule has 104 valence electrons. The van der Waals surface area contributed by atoms with Gasteiger partial charge < -0.3 is 4.90 Å². The second-order valence-corrected chi connectivity index (χ2v) is 6.24. The molecule has 3 rings (SSSR count). The summed E-state index contributed by atoms with van der Waals surface area (Å²) in [5.41, 5.74) is 4.21. The van der Waals surface area contributed by atoms with E-state index in [4.69, 9.17) is 0 Å². The minimum absolute atomic E-state index is 0.930. The van der Waals surface area contributed by atoms with Crippen LogP contribution in [0.3, 0.4) is 0 Å². The van der Waals surface area contributed by atoms with E-state index >= 15 is 0 Å². The van der Waals surface area contributed by atoms with E-state index in [-0.39, 0.29) is 0 Å². The zero-order chi connectivity index (χ0) is 13.9. The van der Waals surface area contributed by atoms with Gasteiger partial charge in [0, 0.05) is 13.1 Å². The van der Waals surface area contributed by atoms with Crippen molar-refractivity contribution in [3.63, 3.8) is 0 Å². The van der Waals surface area contributed by atoms with Gasteiger partial charge in [-0.25, -0.2) is 0 Å². The number of benzene rings is 1. The van der Waals surface area contributed by atoms with Gasteiger partial charge in [0.15, 0.2) is 0 Å². The maximum atomic E-state index is 4.23. The average Bonchev–Trinajstić information content (AvgIpc) is 2.94. The highest BCUT2D eigenvalue weighted by molar-refractivity contribution is 7.15. The first-order valence-corrected chi connectivity index (χ1v) is 7.91. The van der Waals surface area contributed by atoms with E-state index < -0.39 is 0 Å². The van der Waals surface area contributed by atoms with E-state index in [1.54, 1.807) is 11.3 Å². The molecular weight excluding hydrogens is 266 g/mol. The molecule has 0 aliphatic carbocycles. The third kappa shape index (κ3) is 2.75. The summed E-state index contributed by atoms with van der Waals surface area (Å²) < 4.78 is 0. The largest absolute Gasteiger partial charge is 0.343 e. The van der Waals surface area contributed by atoms with Gasteiger partial charge in [0.1, 0.15) is 5.01 Å². The second-order valence-electron chi connectivity index (χ2n) is 5.08. The molecule has 0 bridgehead atoms. The summed E-state index contributed by atoms with van der Waals surface area (Å²) in [4.78, 5) is 2.30. The lowest BCUT2D eigenvalue weighted by Gasteiger charge is -2.25. The van der Waals surface area contributed by atoms with Crippen LogP contribution in [0.5, 0.6) is 0 Å². The number of hydrogen-bond donors (Lipinski definition) is 0. The molecule has 0 saturated heterocycles. The Bertz CT molecular complexity index is 613. The quantitative estimate of drug-likeness (QED) is 0.861. The highest BCUT2D eigenvalue weighted by atomic mass is 32.1. The molecular formula is C16H19N3S. The summed E-state index contributed by atoms with van der Waals surface area (Å²) in [6.45, 7) is 6.15. The number of aryl methyl sites for hydroxylation is 2. The van der Waals surface area contributed by atoms with E-state index in [0.29, 0.717) is 0 Å². The van der Waals surface area contributed by atoms with Crippen LogP contribution in [0, 0.1) is 6.92 Å². The smallest absolute Gasteiger partial charge is 0.208 e. The molecule has 0 radical (unpaired) electrons. The topological polar surface area (TPSA) is 29.0 Å². The highest BCUT2D eigenvalue weighted by Crippen LogP contribution is 2.27. The summed E-state index contributed by atoms with van der Waals surface area (Å²) in [6.07, 6.45) is 4.49. The van der Waals surface area contributed by atoms with Crippen LogP contribution < -0.4 is 4.90 Å². The first kappa shape index (κ1) is 13.3. The van der Waals surface area contributed by atoms with E-state index in [0.717, 1.165) is 36.1 Å². The highest BCUT2D eigenvalue weighted by Gasteiger charge is 2.16. The van der Waals surface area contributed by atoms with Gasteiger partial charge in [-0.15, -0.1) is 10.2 Å². The lowest BCUT2D eigenvalue weighted by molar-refractivity contribution is 0.816. The summed E-state index contributed by atoms with van der Waals surface area (Å²) in [5.74, 6) is 0. The number of anilines is 1. The van der Waals surface area contributed by atoms with Crippen LogP contribution in [0.4, 0.5) is 5.13 Å². The fourth-order valence-corrected chi connectivity index (χ4v) is 3.20. The molecule has 2 heterocycles. The maximum Gasteiger partial charge on any atom is 0.208 e. The van der Waals surface area contributed by atoms with Crippen LogP contribution >= 0.6 is 11.3 Å².